The van der Waals surface area contributed by atoms with Gasteiger partial charge in [0.25, 0.3) is 0 Å². The smallest absolute Gasteiger partial charge is 0.186 e. The quantitative estimate of drug-likeness (QED) is 0.343. The van der Waals surface area contributed by atoms with E-state index in [4.69, 9.17) is 5.11 Å². The molecule has 0 saturated carbocycles. The second-order valence-corrected chi connectivity index (χ2v) is 12.5. The van der Waals surface area contributed by atoms with Crippen LogP contribution in [0.4, 0.5) is 5.69 Å². The number of carbonyl (C=O) groups is 1. The number of benzene rings is 2. The summed E-state index contributed by atoms with van der Waals surface area (Å²) in [7, 11) is 0. The molecule has 1 aliphatic rings. The molecule has 0 fully saturated rings. The summed E-state index contributed by atoms with van der Waals surface area (Å²) in [6.07, 6.45) is 4.07. The van der Waals surface area contributed by atoms with Gasteiger partial charge in [-0.25, -0.2) is 0 Å². The fourth-order valence-corrected chi connectivity index (χ4v) is 5.40. The summed E-state index contributed by atoms with van der Waals surface area (Å²) in [5.74, 6) is 0.121. The molecule has 4 heteroatoms. The number of nitrogens with zero attached hydrogens (tertiary/aromatic N) is 2. The molecule has 35 heavy (non-hydrogen) atoms. The summed E-state index contributed by atoms with van der Waals surface area (Å²) >= 11 is 1.73. The van der Waals surface area contributed by atoms with Gasteiger partial charge in [-0.3, -0.25) is 4.79 Å². The van der Waals surface area contributed by atoms with Gasteiger partial charge < -0.3 is 0 Å². The number of hydrogen-bond donors (Lipinski definition) is 0. The first kappa shape index (κ1) is 25.0. The lowest BCUT2D eigenvalue weighted by molar-refractivity contribution is -0.114. The van der Waals surface area contributed by atoms with E-state index >= 15 is 0 Å². The van der Waals surface area contributed by atoms with E-state index in [9.17, 15) is 4.79 Å². The zero-order valence-electron chi connectivity index (χ0n) is 22.0. The van der Waals surface area contributed by atoms with Gasteiger partial charge >= 0.3 is 0 Å². The molecule has 2 aromatic carbocycles. The van der Waals surface area contributed by atoms with Crippen molar-refractivity contribution >= 4 is 39.3 Å². The van der Waals surface area contributed by atoms with Gasteiger partial charge in [0.05, 0.1) is 10.6 Å². The third-order valence-electron chi connectivity index (χ3n) is 6.30. The van der Waals surface area contributed by atoms with Gasteiger partial charge in [0, 0.05) is 27.0 Å². The van der Waals surface area contributed by atoms with Gasteiger partial charge in [-0.1, -0.05) is 83.5 Å². The molecule has 0 bridgehead atoms. The van der Waals surface area contributed by atoms with E-state index in [1.165, 1.54) is 15.8 Å². The van der Waals surface area contributed by atoms with Gasteiger partial charge in [-0.15, -0.1) is 16.5 Å². The number of ketones is 1. The van der Waals surface area contributed by atoms with Crippen LogP contribution in [0.1, 0.15) is 56.9 Å². The first-order chi connectivity index (χ1) is 16.4. The van der Waals surface area contributed by atoms with Gasteiger partial charge in [-0.05, 0) is 54.3 Å². The van der Waals surface area contributed by atoms with Crippen LogP contribution in [-0.2, 0) is 4.79 Å². The first-order valence-electron chi connectivity index (χ1n) is 12.1. The molecular weight excluding hydrogens is 448 g/mol. The first-order valence-corrected chi connectivity index (χ1v) is 12.9. The minimum atomic E-state index is -0.292. The highest BCUT2D eigenvalue weighted by atomic mass is 32.1. The van der Waals surface area contributed by atoms with Crippen LogP contribution in [0.15, 0.2) is 87.6 Å². The summed E-state index contributed by atoms with van der Waals surface area (Å²) in [5, 5.41) is 11.9. The predicted octanol–water partition coefficient (Wildman–Crippen LogP) is 9.54. The Bertz CT molecular complexity index is 1380. The summed E-state index contributed by atoms with van der Waals surface area (Å²) in [6, 6.07) is 16.5. The summed E-state index contributed by atoms with van der Waals surface area (Å²) < 4.78 is 0. The van der Waals surface area contributed by atoms with Gasteiger partial charge in [0.15, 0.2) is 5.78 Å². The van der Waals surface area contributed by atoms with E-state index in [-0.39, 0.29) is 16.6 Å². The van der Waals surface area contributed by atoms with Crippen LogP contribution in [0.5, 0.6) is 0 Å². The van der Waals surface area contributed by atoms with E-state index in [0.717, 1.165) is 38.4 Å². The molecule has 0 N–H and O–H groups in total. The third kappa shape index (κ3) is 5.13. The number of thiophene rings is 1. The molecule has 1 aliphatic carbocycles. The van der Waals surface area contributed by atoms with Crippen molar-refractivity contribution in [2.45, 2.75) is 55.4 Å². The van der Waals surface area contributed by atoms with Gasteiger partial charge in [0.1, 0.15) is 5.70 Å². The Morgan fingerprint density at radius 2 is 1.31 bits per heavy atom. The minimum Gasteiger partial charge on any atom is -0.289 e. The zero-order valence-corrected chi connectivity index (χ0v) is 22.8. The lowest BCUT2D eigenvalue weighted by Gasteiger charge is -2.31. The van der Waals surface area contributed by atoms with E-state index in [1.54, 1.807) is 11.3 Å². The average molecular weight is 483 g/mol. The number of azo groups is 1. The SMILES string of the molecule is Cc1ccc(N=NC(=C2C=C(C(C)(C)C)C(=O)C(C(C)(C)C)=C2)c2sc(C)c3ccccc23)cc1. The van der Waals surface area contributed by atoms with E-state index in [1.807, 2.05) is 36.4 Å². The number of aryl methyl sites for hydroxylation is 2. The molecule has 0 unspecified atom stereocenters. The number of fused-ring (bicyclic) bond motifs is 1. The molecule has 1 aromatic heterocycles. The van der Waals surface area contributed by atoms with E-state index in [0.29, 0.717) is 0 Å². The second-order valence-electron chi connectivity index (χ2n) is 11.3. The number of Topliss-reactive ketones (excluding diaryl/α,β-unsaturated/α-hetero) is 1. The highest BCUT2D eigenvalue weighted by Crippen LogP contribution is 2.43. The second kappa shape index (κ2) is 9.16. The highest BCUT2D eigenvalue weighted by molar-refractivity contribution is 7.14. The predicted molar refractivity (Wildman–Crippen MR) is 149 cm³/mol. The maximum atomic E-state index is 13.5. The fourth-order valence-electron chi connectivity index (χ4n) is 4.26. The Morgan fingerprint density at radius 3 is 1.86 bits per heavy atom. The molecule has 3 aromatic rings. The van der Waals surface area contributed by atoms with Crippen molar-refractivity contribution in [2.24, 2.45) is 21.1 Å². The highest BCUT2D eigenvalue weighted by Gasteiger charge is 2.35. The Labute approximate surface area is 213 Å². The molecule has 0 aliphatic heterocycles. The van der Waals surface area contributed by atoms with Crippen LogP contribution >= 0.6 is 11.3 Å². The maximum absolute atomic E-state index is 13.5. The number of hydrogen-bond acceptors (Lipinski definition) is 4. The maximum Gasteiger partial charge on any atom is 0.186 e. The van der Waals surface area contributed by atoms with Crippen molar-refractivity contribution < 1.29 is 4.79 Å². The Kier molecular flexibility index (Phi) is 6.54. The number of carbonyl (C=O) groups excluding carboxylic acids is 1. The number of rotatable bonds is 3. The molecule has 4 rings (SSSR count). The van der Waals surface area contributed by atoms with Crippen LogP contribution < -0.4 is 0 Å². The van der Waals surface area contributed by atoms with Gasteiger partial charge in [0.2, 0.25) is 0 Å². The van der Waals surface area contributed by atoms with Gasteiger partial charge in [-0.2, -0.15) is 5.11 Å². The molecule has 1 heterocycles. The number of allylic oxidation sites excluding steroid dienone is 5. The lowest BCUT2D eigenvalue weighted by Crippen LogP contribution is -2.28. The average Bonchev–Trinajstić information content (AvgIpc) is 3.11. The molecule has 180 valence electrons. The lowest BCUT2D eigenvalue weighted by atomic mass is 9.71. The topological polar surface area (TPSA) is 41.8 Å². The van der Waals surface area contributed by atoms with Crippen molar-refractivity contribution in [1.82, 2.24) is 0 Å². The molecule has 0 atom stereocenters. The van der Waals surface area contributed by atoms with E-state index < -0.39 is 0 Å². The monoisotopic (exact) mass is 482 g/mol. The standard InChI is InChI=1S/C31H34N2OS/c1-19-13-15-22(16-14-19)32-33-27(29-24-12-10-9-11-23(24)20(2)35-29)21-17-25(30(3,4)5)28(34)26(18-21)31(6,7)8/h9-18H,1-8H3. The normalized spacial score (nSPS) is 15.1. The zero-order chi connectivity index (χ0) is 25.5. The fraction of sp³-hybridized carbons (Fsp3) is 0.323. The molecular formula is C31H34N2OS. The summed E-state index contributed by atoms with van der Waals surface area (Å²) in [6.45, 7) is 16.8. The molecule has 3 nitrogen and oxygen atoms in total. The van der Waals surface area contributed by atoms with Crippen LogP contribution in [0.25, 0.3) is 16.5 Å². The van der Waals surface area contributed by atoms with Crippen molar-refractivity contribution in [2.75, 3.05) is 0 Å². The van der Waals surface area contributed by atoms with E-state index in [2.05, 4.69) is 84.8 Å². The largest absolute Gasteiger partial charge is 0.289 e. The van der Waals surface area contributed by atoms with Crippen molar-refractivity contribution in [3.05, 3.63) is 92.7 Å². The van der Waals surface area contributed by atoms with Crippen LogP contribution in [0.3, 0.4) is 0 Å². The van der Waals surface area contributed by atoms with Crippen molar-refractivity contribution in [3.63, 3.8) is 0 Å². The Hall–Kier alpha value is -3.11. The Morgan fingerprint density at radius 1 is 0.771 bits per heavy atom. The molecule has 0 saturated heterocycles. The summed E-state index contributed by atoms with van der Waals surface area (Å²) in [5.41, 5.74) is 4.75. The van der Waals surface area contributed by atoms with Crippen LogP contribution in [0.2, 0.25) is 0 Å². The third-order valence-corrected chi connectivity index (χ3v) is 7.44. The molecule has 0 radical (unpaired) electrons. The minimum absolute atomic E-state index is 0.121. The van der Waals surface area contributed by atoms with Crippen molar-refractivity contribution in [1.29, 1.82) is 0 Å². The summed E-state index contributed by atoms with van der Waals surface area (Å²) in [4.78, 5) is 15.9. The van der Waals surface area contributed by atoms with Crippen LogP contribution in [-0.4, -0.2) is 5.78 Å². The van der Waals surface area contributed by atoms with Crippen molar-refractivity contribution in [3.8, 4) is 0 Å². The van der Waals surface area contributed by atoms with Crippen LogP contribution in [0, 0.1) is 24.7 Å². The molecule has 0 amide bonds. The Balaban J connectivity index is 2.04. The molecule has 0 spiro atoms.